The van der Waals surface area contributed by atoms with Gasteiger partial charge in [-0.25, -0.2) is 10.3 Å². The van der Waals surface area contributed by atoms with Crippen LogP contribution in [0.2, 0.25) is 0 Å². The maximum atomic E-state index is 13.2. The molecule has 8 heteroatoms. The van der Waals surface area contributed by atoms with Crippen LogP contribution in [0.1, 0.15) is 59.5 Å². The van der Waals surface area contributed by atoms with Gasteiger partial charge in [0.25, 0.3) is 0 Å². The molecule has 2 amide bonds. The average Bonchev–Trinajstić information content (AvgIpc) is 3.56. The van der Waals surface area contributed by atoms with Crippen molar-refractivity contribution >= 4 is 17.8 Å². The zero-order valence-electron chi connectivity index (χ0n) is 18.1. The highest BCUT2D eigenvalue weighted by Crippen LogP contribution is 2.52. The number of likely N-dealkylation sites (tertiary alicyclic amines) is 1. The second kappa shape index (κ2) is 8.59. The monoisotopic (exact) mass is 429 g/mol. The maximum Gasteiger partial charge on any atom is 0.337 e. The van der Waals surface area contributed by atoms with Gasteiger partial charge in [0, 0.05) is 19.6 Å². The normalized spacial score (nSPS) is 25.2. The van der Waals surface area contributed by atoms with Gasteiger partial charge in [0.1, 0.15) is 0 Å². The Kier molecular flexibility index (Phi) is 6.03. The second-order valence-electron chi connectivity index (χ2n) is 9.31. The molecule has 8 nitrogen and oxygen atoms in total. The minimum atomic E-state index is -0.598. The molecule has 1 aromatic carbocycles. The summed E-state index contributed by atoms with van der Waals surface area (Å²) in [4.78, 5) is 39.2. The van der Waals surface area contributed by atoms with Gasteiger partial charge in [-0.1, -0.05) is 6.07 Å². The number of piperidine rings is 2. The molecule has 0 unspecified atom stereocenters. The smallest absolute Gasteiger partial charge is 0.337 e. The molecule has 4 rings (SSSR count). The van der Waals surface area contributed by atoms with Crippen molar-refractivity contribution < 1.29 is 24.3 Å². The number of nitrogens with one attached hydrogen (secondary N) is 2. The maximum absolute atomic E-state index is 13.2. The number of aryl methyl sites for hydroxylation is 1. The zero-order chi connectivity index (χ0) is 22.2. The number of esters is 1. The van der Waals surface area contributed by atoms with Gasteiger partial charge in [-0.15, -0.1) is 0 Å². The van der Waals surface area contributed by atoms with Crippen LogP contribution in [0.25, 0.3) is 0 Å². The minimum Gasteiger partial charge on any atom is -0.465 e. The molecule has 3 aliphatic rings. The predicted octanol–water partition coefficient (Wildman–Crippen LogP) is 1.75. The fourth-order valence-corrected chi connectivity index (χ4v) is 5.20. The summed E-state index contributed by atoms with van der Waals surface area (Å²) in [7, 11) is 1.38. The van der Waals surface area contributed by atoms with Crippen LogP contribution in [0.4, 0.5) is 0 Å². The molecule has 2 aliphatic heterocycles. The highest BCUT2D eigenvalue weighted by Gasteiger charge is 2.52. The predicted molar refractivity (Wildman–Crippen MR) is 113 cm³/mol. The van der Waals surface area contributed by atoms with Crippen LogP contribution in [0, 0.1) is 18.3 Å². The molecule has 31 heavy (non-hydrogen) atoms. The number of hydroxylamine groups is 1. The van der Waals surface area contributed by atoms with Gasteiger partial charge in [-0.05, 0) is 73.6 Å². The lowest BCUT2D eigenvalue weighted by Gasteiger charge is -2.40. The average molecular weight is 430 g/mol. The molecule has 0 radical (unpaired) electrons. The number of nitrogens with zero attached hydrogens (tertiary/aromatic N) is 1. The van der Waals surface area contributed by atoms with E-state index in [0.29, 0.717) is 25.1 Å². The van der Waals surface area contributed by atoms with Crippen LogP contribution in [0.5, 0.6) is 0 Å². The summed E-state index contributed by atoms with van der Waals surface area (Å²) in [5.41, 5.74) is 4.66. The Hall–Kier alpha value is -2.45. The Morgan fingerprint density at radius 3 is 2.55 bits per heavy atom. The van der Waals surface area contributed by atoms with Gasteiger partial charge in [0.2, 0.25) is 11.8 Å². The molecule has 3 fully saturated rings. The van der Waals surface area contributed by atoms with E-state index in [-0.39, 0.29) is 23.2 Å². The Bertz CT molecular complexity index is 874. The highest BCUT2D eigenvalue weighted by atomic mass is 16.5. The first-order chi connectivity index (χ1) is 14.9. The van der Waals surface area contributed by atoms with Crippen LogP contribution in [-0.2, 0) is 14.3 Å². The topological polar surface area (TPSA) is 108 Å². The number of carbonyl (C=O) groups excluding carboxylic acids is 3. The molecule has 3 N–H and O–H groups in total. The largest absolute Gasteiger partial charge is 0.465 e. The summed E-state index contributed by atoms with van der Waals surface area (Å²) in [5.74, 6) is -1.19. The lowest BCUT2D eigenvalue weighted by atomic mass is 9.80. The molecular weight excluding hydrogens is 398 g/mol. The second-order valence-corrected chi connectivity index (χ2v) is 9.31. The fourth-order valence-electron chi connectivity index (χ4n) is 5.20. The molecule has 1 saturated carbocycles. The van der Waals surface area contributed by atoms with E-state index in [1.807, 2.05) is 24.0 Å². The van der Waals surface area contributed by atoms with Crippen molar-refractivity contribution in [2.24, 2.45) is 11.3 Å². The molecule has 2 heterocycles. The number of carbonyl (C=O) groups is 3. The molecule has 1 aliphatic carbocycles. The highest BCUT2D eigenvalue weighted by molar-refractivity contribution is 5.90. The third kappa shape index (κ3) is 4.32. The number of ether oxygens (including phenoxy) is 1. The Morgan fingerprint density at radius 1 is 1.23 bits per heavy atom. The summed E-state index contributed by atoms with van der Waals surface area (Å²) >= 11 is 0. The third-order valence-electron chi connectivity index (χ3n) is 7.37. The first kappa shape index (κ1) is 21.8. The molecular formula is C23H31N3O5. The summed E-state index contributed by atoms with van der Waals surface area (Å²) < 4.78 is 4.84. The van der Waals surface area contributed by atoms with Gasteiger partial charge in [0.05, 0.1) is 24.6 Å². The minimum absolute atomic E-state index is 0.0671. The van der Waals surface area contributed by atoms with E-state index in [4.69, 9.17) is 9.94 Å². The number of amides is 2. The van der Waals surface area contributed by atoms with Crippen molar-refractivity contribution in [3.05, 3.63) is 34.9 Å². The van der Waals surface area contributed by atoms with E-state index in [1.165, 1.54) is 7.11 Å². The molecule has 168 valence electrons. The summed E-state index contributed by atoms with van der Waals surface area (Å²) in [5, 5.41) is 12.5. The molecule has 0 bridgehead atoms. The quantitative estimate of drug-likeness (QED) is 0.382. The summed E-state index contributed by atoms with van der Waals surface area (Å²) in [6.45, 7) is 3.98. The number of hydrogen-bond donors (Lipinski definition) is 3. The number of benzene rings is 1. The van der Waals surface area contributed by atoms with Crippen molar-refractivity contribution in [1.82, 2.24) is 15.7 Å². The van der Waals surface area contributed by atoms with Crippen LogP contribution in [0.15, 0.2) is 18.2 Å². The molecule has 0 aromatic heterocycles. The molecule has 1 spiro atoms. The van der Waals surface area contributed by atoms with Crippen molar-refractivity contribution in [3.8, 4) is 0 Å². The van der Waals surface area contributed by atoms with Gasteiger partial charge in [0.15, 0.2) is 0 Å². The zero-order valence-corrected chi connectivity index (χ0v) is 18.1. The standard InChI is InChI=1S/C23H31N3O5/c1-14-3-4-16(22(29)31-2)11-17(14)15-5-9-26(10-6-15)21(28)19-18(20(27)25-30)12-23(7-8-23)13-24-19/h3-4,11,15,18-19,24,30H,5-10,12-13H2,1-2H3,(H,25,27)/t18-,19-/m0/s1. The van der Waals surface area contributed by atoms with Gasteiger partial charge in [-0.2, -0.15) is 0 Å². The Balaban J connectivity index is 1.42. The Morgan fingerprint density at radius 2 is 1.94 bits per heavy atom. The first-order valence-corrected chi connectivity index (χ1v) is 11.0. The van der Waals surface area contributed by atoms with E-state index in [0.717, 1.165) is 43.4 Å². The van der Waals surface area contributed by atoms with Crippen molar-refractivity contribution in [3.63, 3.8) is 0 Å². The van der Waals surface area contributed by atoms with Crippen molar-refractivity contribution in [2.45, 2.75) is 51.0 Å². The Labute approximate surface area is 182 Å². The molecule has 1 aromatic rings. The summed E-state index contributed by atoms with van der Waals surface area (Å²) in [6, 6.07) is 5.02. The lowest BCUT2D eigenvalue weighted by Crippen LogP contribution is -2.59. The van der Waals surface area contributed by atoms with Crippen LogP contribution in [0.3, 0.4) is 0 Å². The SMILES string of the molecule is COC(=O)c1ccc(C)c(C2CCN(C(=O)[C@H]3NCC4(CC4)C[C@@H]3C(=O)NO)CC2)c1. The first-order valence-electron chi connectivity index (χ1n) is 11.0. The van der Waals surface area contributed by atoms with E-state index in [2.05, 4.69) is 5.32 Å². The number of hydrogen-bond acceptors (Lipinski definition) is 6. The lowest BCUT2D eigenvalue weighted by molar-refractivity contribution is -0.145. The van der Waals surface area contributed by atoms with Crippen molar-refractivity contribution in [1.29, 1.82) is 0 Å². The fraction of sp³-hybridized carbons (Fsp3) is 0.609. The van der Waals surface area contributed by atoms with Gasteiger partial charge in [-0.3, -0.25) is 14.8 Å². The van der Waals surface area contributed by atoms with Crippen molar-refractivity contribution in [2.75, 3.05) is 26.7 Å². The van der Waals surface area contributed by atoms with E-state index < -0.39 is 17.9 Å². The van der Waals surface area contributed by atoms with Crippen LogP contribution < -0.4 is 10.8 Å². The van der Waals surface area contributed by atoms with E-state index in [9.17, 15) is 14.4 Å². The number of rotatable bonds is 4. The molecule has 2 atom stereocenters. The van der Waals surface area contributed by atoms with Gasteiger partial charge >= 0.3 is 5.97 Å². The van der Waals surface area contributed by atoms with Crippen LogP contribution in [-0.4, -0.2) is 60.7 Å². The van der Waals surface area contributed by atoms with E-state index in [1.54, 1.807) is 11.5 Å². The molecule has 2 saturated heterocycles. The third-order valence-corrected chi connectivity index (χ3v) is 7.37. The summed E-state index contributed by atoms with van der Waals surface area (Å²) in [6.07, 6.45) is 4.35. The van der Waals surface area contributed by atoms with Crippen LogP contribution >= 0.6 is 0 Å². The van der Waals surface area contributed by atoms with Gasteiger partial charge < -0.3 is 15.0 Å². The number of methoxy groups -OCH3 is 1. The van der Waals surface area contributed by atoms with E-state index >= 15 is 0 Å².